The van der Waals surface area contributed by atoms with E-state index in [0.29, 0.717) is 11.8 Å². The van der Waals surface area contributed by atoms with E-state index >= 15 is 0 Å². The summed E-state index contributed by atoms with van der Waals surface area (Å²) in [6.07, 6.45) is 1.84. The van der Waals surface area contributed by atoms with Gasteiger partial charge in [0.15, 0.2) is 11.4 Å². The lowest BCUT2D eigenvalue weighted by Gasteiger charge is -2.24. The third-order valence-corrected chi connectivity index (χ3v) is 5.13. The Labute approximate surface area is 158 Å². The SMILES string of the molecule is Cc1ccc2c(n1)oc1c(N3[CH]N(C(C)C)c4ncccc43)c(C)ccc12. The Kier molecular flexibility index (Phi) is 3.41. The molecule has 5 rings (SSSR count). The summed E-state index contributed by atoms with van der Waals surface area (Å²) in [5, 5.41) is 2.13. The number of nitrogens with zero attached hydrogens (tertiary/aromatic N) is 4. The van der Waals surface area contributed by atoms with Gasteiger partial charge in [0.05, 0.1) is 11.4 Å². The Morgan fingerprint density at radius 3 is 2.63 bits per heavy atom. The zero-order valence-electron chi connectivity index (χ0n) is 15.9. The van der Waals surface area contributed by atoms with Crippen molar-refractivity contribution >= 4 is 39.3 Å². The van der Waals surface area contributed by atoms with Gasteiger partial charge in [-0.1, -0.05) is 12.1 Å². The van der Waals surface area contributed by atoms with Crippen molar-refractivity contribution in [2.75, 3.05) is 9.80 Å². The van der Waals surface area contributed by atoms with Gasteiger partial charge in [-0.25, -0.2) is 9.97 Å². The number of rotatable bonds is 2. The minimum Gasteiger partial charge on any atom is -0.435 e. The van der Waals surface area contributed by atoms with Gasteiger partial charge >= 0.3 is 0 Å². The minimum absolute atomic E-state index is 0.308. The highest BCUT2D eigenvalue weighted by atomic mass is 16.3. The Hall–Kier alpha value is -3.08. The van der Waals surface area contributed by atoms with Crippen LogP contribution in [0, 0.1) is 20.5 Å². The molecule has 0 fully saturated rings. The van der Waals surface area contributed by atoms with Crippen molar-refractivity contribution in [1.82, 2.24) is 9.97 Å². The average molecular weight is 357 g/mol. The topological polar surface area (TPSA) is 45.4 Å². The highest BCUT2D eigenvalue weighted by molar-refractivity contribution is 6.10. The molecule has 3 aromatic heterocycles. The van der Waals surface area contributed by atoms with Crippen LogP contribution in [0.5, 0.6) is 0 Å². The van der Waals surface area contributed by atoms with Gasteiger partial charge in [-0.15, -0.1) is 0 Å². The molecule has 0 unspecified atom stereocenters. The fraction of sp³-hybridized carbons (Fsp3) is 0.227. The van der Waals surface area contributed by atoms with E-state index in [2.05, 4.69) is 71.5 Å². The summed E-state index contributed by atoms with van der Waals surface area (Å²) in [5.41, 5.74) is 5.75. The van der Waals surface area contributed by atoms with Crippen LogP contribution >= 0.6 is 0 Å². The molecule has 0 N–H and O–H groups in total. The number of aryl methyl sites for hydroxylation is 2. The molecule has 1 aromatic carbocycles. The predicted molar refractivity (Wildman–Crippen MR) is 109 cm³/mol. The van der Waals surface area contributed by atoms with Crippen molar-refractivity contribution in [3.8, 4) is 0 Å². The van der Waals surface area contributed by atoms with Gasteiger partial charge in [0.1, 0.15) is 6.67 Å². The van der Waals surface area contributed by atoms with Gasteiger partial charge in [0.25, 0.3) is 0 Å². The molecular formula is C22H21N4O. The lowest BCUT2D eigenvalue weighted by Crippen LogP contribution is -2.29. The molecule has 5 heteroatoms. The maximum Gasteiger partial charge on any atom is 0.227 e. The minimum atomic E-state index is 0.308. The van der Waals surface area contributed by atoms with Crippen LogP contribution in [0.1, 0.15) is 25.1 Å². The van der Waals surface area contributed by atoms with Crippen molar-refractivity contribution in [3.63, 3.8) is 0 Å². The molecule has 4 aromatic rings. The number of pyridine rings is 2. The molecule has 0 saturated heterocycles. The van der Waals surface area contributed by atoms with Crippen molar-refractivity contribution < 1.29 is 4.42 Å². The molecule has 0 saturated carbocycles. The standard InChI is InChI=1S/C22H21N4O/c1-13(2)25-12-26(18-6-5-11-23-21(18)25)19-14(3)7-9-16-17-10-8-15(4)24-22(17)27-20(16)19/h5-13H,1-4H3. The molecule has 1 aliphatic heterocycles. The van der Waals surface area contributed by atoms with Crippen molar-refractivity contribution in [3.05, 3.63) is 60.5 Å². The Bertz CT molecular complexity index is 1180. The lowest BCUT2D eigenvalue weighted by molar-refractivity contribution is 0.651. The second-order valence-electron chi connectivity index (χ2n) is 7.35. The maximum absolute atomic E-state index is 6.26. The summed E-state index contributed by atoms with van der Waals surface area (Å²) < 4.78 is 6.26. The molecular weight excluding hydrogens is 336 g/mol. The Morgan fingerprint density at radius 2 is 1.81 bits per heavy atom. The first-order chi connectivity index (χ1) is 13.0. The Morgan fingerprint density at radius 1 is 1.00 bits per heavy atom. The monoisotopic (exact) mass is 357 g/mol. The molecule has 27 heavy (non-hydrogen) atoms. The molecule has 0 spiro atoms. The molecule has 1 aliphatic rings. The van der Waals surface area contributed by atoms with Gasteiger partial charge in [-0.3, -0.25) is 0 Å². The number of benzene rings is 1. The van der Waals surface area contributed by atoms with E-state index in [1.54, 1.807) is 0 Å². The molecule has 0 atom stereocenters. The van der Waals surface area contributed by atoms with Gasteiger partial charge in [-0.2, -0.15) is 0 Å². The lowest BCUT2D eigenvalue weighted by atomic mass is 10.1. The van der Waals surface area contributed by atoms with Crippen LogP contribution in [-0.4, -0.2) is 16.0 Å². The molecule has 1 radical (unpaired) electrons. The van der Waals surface area contributed by atoms with Crippen LogP contribution in [-0.2, 0) is 0 Å². The van der Waals surface area contributed by atoms with Gasteiger partial charge < -0.3 is 14.2 Å². The number of furan rings is 1. The molecule has 4 heterocycles. The van der Waals surface area contributed by atoms with Crippen molar-refractivity contribution in [1.29, 1.82) is 0 Å². The fourth-order valence-electron chi connectivity index (χ4n) is 3.77. The van der Waals surface area contributed by atoms with Crippen LogP contribution in [0.2, 0.25) is 0 Å². The molecule has 0 amide bonds. The Balaban J connectivity index is 1.78. The summed E-state index contributed by atoms with van der Waals surface area (Å²) in [6, 6.07) is 12.8. The van der Waals surface area contributed by atoms with Gasteiger partial charge in [0.2, 0.25) is 5.71 Å². The third-order valence-electron chi connectivity index (χ3n) is 5.13. The van der Waals surface area contributed by atoms with E-state index in [9.17, 15) is 0 Å². The second-order valence-corrected chi connectivity index (χ2v) is 7.35. The van der Waals surface area contributed by atoms with Crippen LogP contribution in [0.25, 0.3) is 22.1 Å². The normalized spacial score (nSPS) is 14.0. The van der Waals surface area contributed by atoms with Crippen LogP contribution in [0.15, 0.2) is 47.0 Å². The number of hydrogen-bond acceptors (Lipinski definition) is 5. The molecule has 0 aliphatic carbocycles. The second kappa shape index (κ2) is 5.71. The number of fused-ring (bicyclic) bond motifs is 4. The largest absolute Gasteiger partial charge is 0.435 e. The molecule has 135 valence electrons. The van der Waals surface area contributed by atoms with E-state index in [0.717, 1.165) is 44.8 Å². The summed E-state index contributed by atoms with van der Waals surface area (Å²) in [7, 11) is 0. The van der Waals surface area contributed by atoms with E-state index < -0.39 is 0 Å². The third kappa shape index (κ3) is 2.31. The predicted octanol–water partition coefficient (Wildman–Crippen LogP) is 5.48. The summed E-state index contributed by atoms with van der Waals surface area (Å²) in [6.45, 7) is 10.5. The molecule has 0 bridgehead atoms. The van der Waals surface area contributed by atoms with Gasteiger partial charge in [-0.05, 0) is 57.5 Å². The van der Waals surface area contributed by atoms with Crippen molar-refractivity contribution in [2.45, 2.75) is 33.7 Å². The van der Waals surface area contributed by atoms with Crippen LogP contribution in [0.4, 0.5) is 17.2 Å². The molecule has 5 nitrogen and oxygen atoms in total. The maximum atomic E-state index is 6.26. The first kappa shape index (κ1) is 16.1. The number of aromatic nitrogens is 2. The van der Waals surface area contributed by atoms with Gasteiger partial charge in [0, 0.05) is 28.7 Å². The first-order valence-corrected chi connectivity index (χ1v) is 9.21. The fourth-order valence-corrected chi connectivity index (χ4v) is 3.77. The average Bonchev–Trinajstić information content (AvgIpc) is 3.20. The smallest absolute Gasteiger partial charge is 0.227 e. The zero-order valence-corrected chi connectivity index (χ0v) is 15.9. The first-order valence-electron chi connectivity index (χ1n) is 9.21. The summed E-state index contributed by atoms with van der Waals surface area (Å²) in [5.74, 6) is 0.967. The number of hydrogen-bond donors (Lipinski definition) is 0. The summed E-state index contributed by atoms with van der Waals surface area (Å²) >= 11 is 0. The van der Waals surface area contributed by atoms with Crippen LogP contribution in [0.3, 0.4) is 0 Å². The summed E-state index contributed by atoms with van der Waals surface area (Å²) in [4.78, 5) is 13.6. The van der Waals surface area contributed by atoms with Crippen molar-refractivity contribution in [2.24, 2.45) is 0 Å². The highest BCUT2D eigenvalue weighted by Gasteiger charge is 2.33. The van der Waals surface area contributed by atoms with Crippen LogP contribution < -0.4 is 9.80 Å². The quantitative estimate of drug-likeness (QED) is 0.475. The number of anilines is 3. The zero-order chi connectivity index (χ0) is 18.7. The highest BCUT2D eigenvalue weighted by Crippen LogP contribution is 2.46. The van der Waals surface area contributed by atoms with E-state index in [4.69, 9.17) is 4.42 Å². The van der Waals surface area contributed by atoms with E-state index in [1.807, 2.05) is 25.3 Å². The van der Waals surface area contributed by atoms with E-state index in [-0.39, 0.29) is 0 Å². The van der Waals surface area contributed by atoms with E-state index in [1.165, 1.54) is 0 Å².